The lowest BCUT2D eigenvalue weighted by Crippen LogP contribution is -2.47. The first-order valence-electron chi connectivity index (χ1n) is 8.98. The van der Waals surface area contributed by atoms with Crippen LogP contribution in [0.4, 0.5) is 11.4 Å². The normalized spacial score (nSPS) is 12.5. The van der Waals surface area contributed by atoms with Crippen molar-refractivity contribution < 1.29 is 13.2 Å². The molecule has 5 nitrogen and oxygen atoms in total. The number of amides is 1. The summed E-state index contributed by atoms with van der Waals surface area (Å²) in [5.41, 5.74) is 5.15. The number of nitrogens with one attached hydrogen (secondary N) is 1. The fourth-order valence-electron chi connectivity index (χ4n) is 3.41. The predicted molar refractivity (Wildman–Crippen MR) is 112 cm³/mol. The van der Waals surface area contributed by atoms with Crippen LogP contribution < -0.4 is 9.62 Å². The monoisotopic (exact) mass is 388 g/mol. The second-order valence-corrected chi connectivity index (χ2v) is 9.05. The molecule has 0 heterocycles. The third-order valence-electron chi connectivity index (χ3n) is 4.28. The molecule has 2 rings (SSSR count). The molecule has 0 aliphatic carbocycles. The van der Waals surface area contributed by atoms with Gasteiger partial charge in [0.05, 0.1) is 11.9 Å². The van der Waals surface area contributed by atoms with Crippen LogP contribution in [-0.4, -0.2) is 26.6 Å². The highest BCUT2D eigenvalue weighted by atomic mass is 32.2. The number of hydrogen-bond acceptors (Lipinski definition) is 3. The van der Waals surface area contributed by atoms with Crippen LogP contribution in [-0.2, 0) is 14.8 Å². The van der Waals surface area contributed by atoms with Gasteiger partial charge in [0.1, 0.15) is 6.04 Å². The number of hydrogen-bond donors (Lipinski definition) is 1. The van der Waals surface area contributed by atoms with Crippen LogP contribution in [0, 0.1) is 27.7 Å². The van der Waals surface area contributed by atoms with Crippen LogP contribution in [0.5, 0.6) is 0 Å². The maximum Gasteiger partial charge on any atom is 0.248 e. The van der Waals surface area contributed by atoms with E-state index < -0.39 is 16.1 Å². The molecule has 1 unspecified atom stereocenters. The summed E-state index contributed by atoms with van der Waals surface area (Å²) in [6.07, 6.45) is 1.49. The molecule has 0 saturated heterocycles. The lowest BCUT2D eigenvalue weighted by Gasteiger charge is -2.30. The summed E-state index contributed by atoms with van der Waals surface area (Å²) in [5.74, 6) is -0.341. The van der Waals surface area contributed by atoms with Crippen molar-refractivity contribution in [1.82, 2.24) is 0 Å². The van der Waals surface area contributed by atoms with E-state index in [0.29, 0.717) is 17.8 Å². The molecule has 0 spiro atoms. The van der Waals surface area contributed by atoms with Gasteiger partial charge in [-0.15, -0.1) is 0 Å². The maximum absolute atomic E-state index is 13.0. The number of carbonyl (C=O) groups excluding carboxylic acids is 1. The van der Waals surface area contributed by atoms with E-state index in [1.165, 1.54) is 4.31 Å². The van der Waals surface area contributed by atoms with Gasteiger partial charge in [0.15, 0.2) is 0 Å². The summed E-state index contributed by atoms with van der Waals surface area (Å²) >= 11 is 0. The summed E-state index contributed by atoms with van der Waals surface area (Å²) in [7, 11) is -3.64. The van der Waals surface area contributed by atoms with Crippen LogP contribution in [0.15, 0.2) is 36.4 Å². The van der Waals surface area contributed by atoms with E-state index >= 15 is 0 Å². The molecular weight excluding hydrogens is 360 g/mol. The van der Waals surface area contributed by atoms with Crippen molar-refractivity contribution in [2.24, 2.45) is 0 Å². The fraction of sp³-hybridized carbons (Fsp3) is 0.381. The Balaban J connectivity index is 2.44. The Bertz CT molecular complexity index is 911. The zero-order chi connectivity index (χ0) is 20.4. The van der Waals surface area contributed by atoms with E-state index in [0.717, 1.165) is 28.5 Å². The van der Waals surface area contributed by atoms with E-state index in [2.05, 4.69) is 5.32 Å². The average Bonchev–Trinajstić information content (AvgIpc) is 2.48. The molecule has 1 atom stereocenters. The quantitative estimate of drug-likeness (QED) is 0.810. The number of nitrogens with zero attached hydrogens (tertiary/aromatic N) is 1. The van der Waals surface area contributed by atoms with Gasteiger partial charge in [-0.25, -0.2) is 8.42 Å². The van der Waals surface area contributed by atoms with Gasteiger partial charge in [-0.2, -0.15) is 0 Å². The lowest BCUT2D eigenvalue weighted by molar-refractivity contribution is -0.117. The summed E-state index contributed by atoms with van der Waals surface area (Å²) in [6.45, 7) is 9.55. The van der Waals surface area contributed by atoms with Crippen LogP contribution in [0.2, 0.25) is 0 Å². The Labute approximate surface area is 162 Å². The summed E-state index contributed by atoms with van der Waals surface area (Å²) < 4.78 is 26.4. The van der Waals surface area contributed by atoms with E-state index in [1.54, 1.807) is 12.1 Å². The minimum absolute atomic E-state index is 0.341. The van der Waals surface area contributed by atoms with Crippen molar-refractivity contribution in [3.8, 4) is 0 Å². The Morgan fingerprint density at radius 1 is 0.926 bits per heavy atom. The highest BCUT2D eigenvalue weighted by Gasteiger charge is 2.31. The molecule has 0 aliphatic heterocycles. The van der Waals surface area contributed by atoms with Gasteiger partial charge in [0.25, 0.3) is 0 Å². The maximum atomic E-state index is 13.0. The van der Waals surface area contributed by atoms with Crippen molar-refractivity contribution in [3.05, 3.63) is 58.7 Å². The number of carbonyl (C=O) groups is 1. The van der Waals surface area contributed by atoms with Gasteiger partial charge in [0, 0.05) is 5.69 Å². The number of aryl methyl sites for hydroxylation is 4. The van der Waals surface area contributed by atoms with Gasteiger partial charge >= 0.3 is 0 Å². The molecule has 2 aromatic rings. The molecule has 27 heavy (non-hydrogen) atoms. The molecule has 1 N–H and O–H groups in total. The molecule has 1 amide bonds. The zero-order valence-corrected chi connectivity index (χ0v) is 17.6. The van der Waals surface area contributed by atoms with Gasteiger partial charge < -0.3 is 5.32 Å². The summed E-state index contributed by atoms with van der Waals surface area (Å²) in [5, 5.41) is 2.88. The topological polar surface area (TPSA) is 66.5 Å². The minimum Gasteiger partial charge on any atom is -0.324 e. The Morgan fingerprint density at radius 2 is 1.37 bits per heavy atom. The average molecular weight is 389 g/mol. The lowest BCUT2D eigenvalue weighted by atomic mass is 10.1. The van der Waals surface area contributed by atoms with Crippen molar-refractivity contribution in [3.63, 3.8) is 0 Å². The molecule has 0 aliphatic rings. The van der Waals surface area contributed by atoms with Gasteiger partial charge in [-0.1, -0.05) is 19.1 Å². The van der Waals surface area contributed by atoms with Crippen LogP contribution >= 0.6 is 0 Å². The SMILES string of the molecule is CCC(C(=O)Nc1cc(C)cc(C)c1)N(c1cc(C)cc(C)c1)S(C)(=O)=O. The molecule has 0 saturated carbocycles. The van der Waals surface area contributed by atoms with Crippen molar-refractivity contribution in [1.29, 1.82) is 0 Å². The number of sulfonamides is 1. The third kappa shape index (κ3) is 5.32. The molecule has 6 heteroatoms. The second-order valence-electron chi connectivity index (χ2n) is 7.19. The van der Waals surface area contributed by atoms with Gasteiger partial charge in [-0.05, 0) is 80.6 Å². The first-order valence-corrected chi connectivity index (χ1v) is 10.8. The zero-order valence-electron chi connectivity index (χ0n) is 16.8. The number of benzene rings is 2. The van der Waals surface area contributed by atoms with Crippen molar-refractivity contribution in [2.75, 3.05) is 15.9 Å². The Kier molecular flexibility index (Phi) is 6.31. The molecule has 0 fully saturated rings. The van der Waals surface area contributed by atoms with E-state index in [4.69, 9.17) is 0 Å². The van der Waals surface area contributed by atoms with E-state index in [-0.39, 0.29) is 5.91 Å². The van der Waals surface area contributed by atoms with E-state index in [1.807, 2.05) is 58.9 Å². The van der Waals surface area contributed by atoms with E-state index in [9.17, 15) is 13.2 Å². The summed E-state index contributed by atoms with van der Waals surface area (Å²) in [4.78, 5) is 13.0. The van der Waals surface area contributed by atoms with Gasteiger partial charge in [0.2, 0.25) is 15.9 Å². The highest BCUT2D eigenvalue weighted by molar-refractivity contribution is 7.92. The van der Waals surface area contributed by atoms with Crippen molar-refractivity contribution in [2.45, 2.75) is 47.1 Å². The first kappa shape index (κ1) is 21.0. The fourth-order valence-corrected chi connectivity index (χ4v) is 4.61. The third-order valence-corrected chi connectivity index (χ3v) is 5.46. The molecule has 0 bridgehead atoms. The molecule has 2 aromatic carbocycles. The summed E-state index contributed by atoms with van der Waals surface area (Å²) in [6, 6.07) is 10.5. The Morgan fingerprint density at radius 3 is 1.78 bits per heavy atom. The molecular formula is C21H28N2O3S. The largest absolute Gasteiger partial charge is 0.324 e. The standard InChI is InChI=1S/C21H28N2O3S/c1-7-20(21(24)22-18-10-14(2)8-15(3)11-18)23(27(6,25)26)19-12-16(4)9-17(5)13-19/h8-13,20H,7H2,1-6H3,(H,22,24). The van der Waals surface area contributed by atoms with Crippen LogP contribution in [0.3, 0.4) is 0 Å². The highest BCUT2D eigenvalue weighted by Crippen LogP contribution is 2.26. The van der Waals surface area contributed by atoms with Gasteiger partial charge in [-0.3, -0.25) is 9.10 Å². The first-order chi connectivity index (χ1) is 12.5. The second kappa shape index (κ2) is 8.13. The molecule has 0 radical (unpaired) electrons. The number of anilines is 2. The van der Waals surface area contributed by atoms with Crippen LogP contribution in [0.25, 0.3) is 0 Å². The van der Waals surface area contributed by atoms with Crippen LogP contribution in [0.1, 0.15) is 35.6 Å². The van der Waals surface area contributed by atoms with Crippen molar-refractivity contribution >= 4 is 27.3 Å². The predicted octanol–water partition coefficient (Wildman–Crippen LogP) is 4.10. The Hall–Kier alpha value is -2.34. The number of rotatable bonds is 6. The smallest absolute Gasteiger partial charge is 0.248 e. The molecule has 146 valence electrons. The molecule has 0 aromatic heterocycles. The minimum atomic E-state index is -3.64.